The molecule has 0 fully saturated rings. The number of methoxy groups -OCH3 is 2. The molecule has 0 spiro atoms. The van der Waals surface area contributed by atoms with Crippen LogP contribution in [-0.4, -0.2) is 34.3 Å². The van der Waals surface area contributed by atoms with E-state index in [9.17, 15) is 9.59 Å². The van der Waals surface area contributed by atoms with Crippen LogP contribution >= 0.6 is 11.3 Å². The first-order valence-electron chi connectivity index (χ1n) is 10.5. The van der Waals surface area contributed by atoms with E-state index in [0.29, 0.717) is 30.0 Å². The molecule has 0 unspecified atom stereocenters. The summed E-state index contributed by atoms with van der Waals surface area (Å²) in [5.74, 6) is 1.68. The van der Waals surface area contributed by atoms with Gasteiger partial charge in [-0.25, -0.2) is 4.68 Å². The fourth-order valence-electron chi connectivity index (χ4n) is 3.73. The Kier molecular flexibility index (Phi) is 6.18. The largest absolute Gasteiger partial charge is 0.493 e. The fourth-order valence-corrected chi connectivity index (χ4v) is 4.76. The van der Waals surface area contributed by atoms with Crippen molar-refractivity contribution >= 4 is 33.0 Å². The normalized spacial score (nSPS) is 11.2. The molecule has 0 saturated carbocycles. The molecule has 1 amide bonds. The summed E-state index contributed by atoms with van der Waals surface area (Å²) in [5, 5.41) is 7.34. The van der Waals surface area contributed by atoms with Crippen LogP contribution in [-0.2, 0) is 30.7 Å². The summed E-state index contributed by atoms with van der Waals surface area (Å²) in [5.41, 5.74) is 2.14. The first kappa shape index (κ1) is 21.9. The Bertz CT molecular complexity index is 1350. The van der Waals surface area contributed by atoms with E-state index in [1.54, 1.807) is 31.6 Å². The van der Waals surface area contributed by atoms with Crippen molar-refractivity contribution in [1.82, 2.24) is 19.5 Å². The third-order valence-corrected chi connectivity index (χ3v) is 6.60. The molecule has 0 aliphatic carbocycles. The Morgan fingerprint density at radius 3 is 2.53 bits per heavy atom. The van der Waals surface area contributed by atoms with E-state index in [0.717, 1.165) is 28.0 Å². The SMILES string of the molecule is CCc1cc2c(cc3c(=O)n(CC(=O)NCc4ccc(OC)c(OC)c4)nc(CC)n32)s1. The Labute approximate surface area is 189 Å². The summed E-state index contributed by atoms with van der Waals surface area (Å²) in [4.78, 5) is 26.9. The number of ether oxygens (including phenoxy) is 2. The molecule has 4 rings (SSSR count). The van der Waals surface area contributed by atoms with Crippen molar-refractivity contribution in [3.05, 3.63) is 57.0 Å². The van der Waals surface area contributed by atoms with Crippen LogP contribution in [0.1, 0.15) is 30.1 Å². The van der Waals surface area contributed by atoms with Crippen LogP contribution in [0, 0.1) is 0 Å². The quantitative estimate of drug-likeness (QED) is 0.442. The van der Waals surface area contributed by atoms with Gasteiger partial charge in [0.25, 0.3) is 5.56 Å². The van der Waals surface area contributed by atoms with Gasteiger partial charge in [-0.15, -0.1) is 11.3 Å². The maximum absolute atomic E-state index is 13.1. The van der Waals surface area contributed by atoms with Crippen molar-refractivity contribution in [2.75, 3.05) is 14.2 Å². The molecule has 0 saturated heterocycles. The number of thiophene rings is 1. The Hall–Kier alpha value is -3.33. The van der Waals surface area contributed by atoms with E-state index in [2.05, 4.69) is 23.4 Å². The molecule has 3 heterocycles. The zero-order chi connectivity index (χ0) is 22.8. The summed E-state index contributed by atoms with van der Waals surface area (Å²) in [6, 6.07) is 9.47. The number of aryl methyl sites for hydroxylation is 2. The standard InChI is InChI=1S/C23H26N4O4S/c1-5-15-10-16-20(32-15)11-17-23(29)26(25-21(6-2)27(16)17)13-22(28)24-12-14-7-8-18(30-3)19(9-14)31-4/h7-11H,5-6,12-13H2,1-4H3,(H,24,28). The molecule has 8 nitrogen and oxygen atoms in total. The van der Waals surface area contributed by atoms with Gasteiger partial charge in [0.15, 0.2) is 11.5 Å². The molecule has 32 heavy (non-hydrogen) atoms. The number of rotatable bonds is 8. The molecule has 0 bridgehead atoms. The summed E-state index contributed by atoms with van der Waals surface area (Å²) in [6.07, 6.45) is 1.60. The molecular weight excluding hydrogens is 428 g/mol. The van der Waals surface area contributed by atoms with Crippen molar-refractivity contribution in [3.8, 4) is 11.5 Å². The van der Waals surface area contributed by atoms with Gasteiger partial charge in [-0.1, -0.05) is 19.9 Å². The van der Waals surface area contributed by atoms with E-state index in [-0.39, 0.29) is 18.0 Å². The number of nitrogens with one attached hydrogen (secondary N) is 1. The Balaban J connectivity index is 1.56. The summed E-state index contributed by atoms with van der Waals surface area (Å²) in [6.45, 7) is 4.27. The van der Waals surface area contributed by atoms with Crippen LogP contribution in [0.25, 0.3) is 15.7 Å². The van der Waals surface area contributed by atoms with Gasteiger partial charge in [-0.2, -0.15) is 5.10 Å². The number of aromatic nitrogens is 3. The lowest BCUT2D eigenvalue weighted by Gasteiger charge is -2.12. The van der Waals surface area contributed by atoms with E-state index in [1.807, 2.05) is 29.5 Å². The number of carbonyl (C=O) groups excluding carboxylic acids is 1. The van der Waals surface area contributed by atoms with Crippen LogP contribution in [0.2, 0.25) is 0 Å². The molecule has 0 radical (unpaired) electrons. The second-order valence-corrected chi connectivity index (χ2v) is 8.55. The third kappa shape index (κ3) is 3.95. The second-order valence-electron chi connectivity index (χ2n) is 7.38. The van der Waals surface area contributed by atoms with E-state index >= 15 is 0 Å². The minimum absolute atomic E-state index is 0.144. The summed E-state index contributed by atoms with van der Waals surface area (Å²) >= 11 is 1.69. The minimum Gasteiger partial charge on any atom is -0.493 e. The van der Waals surface area contributed by atoms with Crippen LogP contribution in [0.4, 0.5) is 0 Å². The molecule has 4 aromatic rings. The zero-order valence-electron chi connectivity index (χ0n) is 18.6. The zero-order valence-corrected chi connectivity index (χ0v) is 19.4. The van der Waals surface area contributed by atoms with Gasteiger partial charge < -0.3 is 14.8 Å². The highest BCUT2D eigenvalue weighted by Crippen LogP contribution is 2.29. The molecule has 0 atom stereocenters. The number of hydrogen-bond acceptors (Lipinski definition) is 6. The highest BCUT2D eigenvalue weighted by atomic mass is 32.1. The first-order valence-corrected chi connectivity index (χ1v) is 11.3. The van der Waals surface area contributed by atoms with Gasteiger partial charge in [-0.05, 0) is 36.2 Å². The first-order chi connectivity index (χ1) is 15.5. The molecule has 0 aliphatic heterocycles. The predicted octanol–water partition coefficient (Wildman–Crippen LogP) is 3.17. The monoisotopic (exact) mass is 454 g/mol. The molecular formula is C23H26N4O4S. The van der Waals surface area contributed by atoms with Gasteiger partial charge in [-0.3, -0.25) is 14.0 Å². The van der Waals surface area contributed by atoms with Gasteiger partial charge in [0, 0.05) is 17.8 Å². The average molecular weight is 455 g/mol. The van der Waals surface area contributed by atoms with E-state index in [1.165, 1.54) is 9.56 Å². The highest BCUT2D eigenvalue weighted by Gasteiger charge is 2.17. The number of amides is 1. The number of benzene rings is 1. The van der Waals surface area contributed by atoms with E-state index < -0.39 is 0 Å². The topological polar surface area (TPSA) is 86.9 Å². The number of fused-ring (bicyclic) bond motifs is 3. The van der Waals surface area contributed by atoms with Gasteiger partial charge in [0.05, 0.1) is 24.4 Å². The maximum atomic E-state index is 13.1. The van der Waals surface area contributed by atoms with Crippen molar-refractivity contribution < 1.29 is 14.3 Å². The number of carbonyl (C=O) groups is 1. The molecule has 1 aromatic carbocycles. The molecule has 9 heteroatoms. The number of hydrogen-bond donors (Lipinski definition) is 1. The molecule has 3 aromatic heterocycles. The Morgan fingerprint density at radius 2 is 1.84 bits per heavy atom. The fraction of sp³-hybridized carbons (Fsp3) is 0.348. The maximum Gasteiger partial charge on any atom is 0.291 e. The van der Waals surface area contributed by atoms with Crippen LogP contribution in [0.5, 0.6) is 11.5 Å². The molecule has 1 N–H and O–H groups in total. The van der Waals surface area contributed by atoms with Crippen LogP contribution in [0.3, 0.4) is 0 Å². The Morgan fingerprint density at radius 1 is 1.06 bits per heavy atom. The van der Waals surface area contributed by atoms with Crippen molar-refractivity contribution in [3.63, 3.8) is 0 Å². The van der Waals surface area contributed by atoms with Gasteiger partial charge in [0.1, 0.15) is 17.9 Å². The molecule has 168 valence electrons. The lowest BCUT2D eigenvalue weighted by Crippen LogP contribution is -2.35. The highest BCUT2D eigenvalue weighted by molar-refractivity contribution is 7.19. The van der Waals surface area contributed by atoms with Crippen LogP contribution < -0.4 is 20.3 Å². The lowest BCUT2D eigenvalue weighted by atomic mass is 10.2. The summed E-state index contributed by atoms with van der Waals surface area (Å²) < 4.78 is 14.8. The third-order valence-electron chi connectivity index (χ3n) is 5.38. The van der Waals surface area contributed by atoms with Crippen molar-refractivity contribution in [1.29, 1.82) is 0 Å². The predicted molar refractivity (Wildman–Crippen MR) is 125 cm³/mol. The smallest absolute Gasteiger partial charge is 0.291 e. The van der Waals surface area contributed by atoms with Gasteiger partial charge in [0.2, 0.25) is 5.91 Å². The van der Waals surface area contributed by atoms with Crippen molar-refractivity contribution in [2.24, 2.45) is 0 Å². The minimum atomic E-state index is -0.289. The number of nitrogens with zero attached hydrogens (tertiary/aromatic N) is 3. The van der Waals surface area contributed by atoms with E-state index in [4.69, 9.17) is 9.47 Å². The molecule has 0 aliphatic rings. The summed E-state index contributed by atoms with van der Waals surface area (Å²) in [7, 11) is 3.14. The van der Waals surface area contributed by atoms with Crippen LogP contribution in [0.15, 0.2) is 35.1 Å². The second kappa shape index (κ2) is 9.04. The van der Waals surface area contributed by atoms with Gasteiger partial charge >= 0.3 is 0 Å². The lowest BCUT2D eigenvalue weighted by molar-refractivity contribution is -0.122. The average Bonchev–Trinajstić information content (AvgIpc) is 3.37. The van der Waals surface area contributed by atoms with Crippen molar-refractivity contribution in [2.45, 2.75) is 39.8 Å².